The Balaban J connectivity index is 2.16. The van der Waals surface area contributed by atoms with Crippen molar-refractivity contribution in [2.24, 2.45) is 7.05 Å². The van der Waals surface area contributed by atoms with Crippen LogP contribution in [0.5, 0.6) is 5.75 Å². The molecular weight excluding hydrogens is 300 g/mol. The molecule has 2 N–H and O–H groups in total. The standard InChI is InChI=1S/C16H19ClN4O/c1-20(2)6-7-22-16-12(17)8-11-10-4-5-19-9-13(10)21(3)15(11)14(16)18/h4-5,8-9H,6-7,18H2,1-3H3. The van der Waals surface area contributed by atoms with Gasteiger partial charge in [-0.1, -0.05) is 11.6 Å². The first kappa shape index (κ1) is 14.9. The Morgan fingerprint density at radius 2 is 2.14 bits per heavy atom. The number of aryl methyl sites for hydroxylation is 1. The second-order valence-corrected chi connectivity index (χ2v) is 6.01. The first-order chi connectivity index (χ1) is 10.5. The van der Waals surface area contributed by atoms with Gasteiger partial charge in [0.25, 0.3) is 0 Å². The second-order valence-electron chi connectivity index (χ2n) is 5.60. The van der Waals surface area contributed by atoms with Gasteiger partial charge in [-0.2, -0.15) is 0 Å². The number of nitrogen functional groups attached to an aromatic ring is 1. The Labute approximate surface area is 134 Å². The molecule has 0 atom stereocenters. The predicted molar refractivity (Wildman–Crippen MR) is 91.7 cm³/mol. The van der Waals surface area contributed by atoms with E-state index in [9.17, 15) is 0 Å². The number of hydrogen-bond donors (Lipinski definition) is 1. The number of fused-ring (bicyclic) bond motifs is 3. The molecule has 3 rings (SSSR count). The van der Waals surface area contributed by atoms with Crippen molar-refractivity contribution in [2.75, 3.05) is 33.0 Å². The van der Waals surface area contributed by atoms with Crippen LogP contribution in [0.2, 0.25) is 5.02 Å². The van der Waals surface area contributed by atoms with E-state index in [0.29, 0.717) is 23.1 Å². The smallest absolute Gasteiger partial charge is 0.163 e. The molecule has 0 aliphatic heterocycles. The minimum Gasteiger partial charge on any atom is -0.488 e. The van der Waals surface area contributed by atoms with E-state index < -0.39 is 0 Å². The third-order valence-corrected chi connectivity index (χ3v) is 4.10. The van der Waals surface area contributed by atoms with Gasteiger partial charge in [0, 0.05) is 30.6 Å². The third-order valence-electron chi connectivity index (χ3n) is 3.81. The van der Waals surface area contributed by atoms with Gasteiger partial charge in [0.15, 0.2) is 5.75 Å². The summed E-state index contributed by atoms with van der Waals surface area (Å²) in [5.74, 6) is 0.551. The van der Waals surface area contributed by atoms with Gasteiger partial charge in [-0.05, 0) is 26.2 Å². The molecule has 0 aliphatic carbocycles. The number of ether oxygens (including phenoxy) is 1. The zero-order valence-corrected chi connectivity index (χ0v) is 13.7. The Hall–Kier alpha value is -1.98. The molecule has 0 saturated heterocycles. The van der Waals surface area contributed by atoms with E-state index in [-0.39, 0.29) is 0 Å². The predicted octanol–water partition coefficient (Wildman–Crippen LogP) is 2.90. The number of likely N-dealkylation sites (N-methyl/N-ethyl adjacent to an activating group) is 1. The van der Waals surface area contributed by atoms with E-state index >= 15 is 0 Å². The average molecular weight is 319 g/mol. The lowest BCUT2D eigenvalue weighted by molar-refractivity contribution is 0.263. The van der Waals surface area contributed by atoms with Crippen LogP contribution in [0.4, 0.5) is 5.69 Å². The maximum absolute atomic E-state index is 6.39. The Kier molecular flexibility index (Phi) is 3.85. The summed E-state index contributed by atoms with van der Waals surface area (Å²) in [4.78, 5) is 6.23. The fraction of sp³-hybridized carbons (Fsp3) is 0.312. The maximum Gasteiger partial charge on any atom is 0.163 e. The van der Waals surface area contributed by atoms with Crippen molar-refractivity contribution in [3.05, 3.63) is 29.5 Å². The third kappa shape index (κ3) is 2.36. The Bertz CT molecular complexity index is 841. The molecule has 1 aromatic carbocycles. The van der Waals surface area contributed by atoms with Crippen LogP contribution in [-0.2, 0) is 7.05 Å². The molecule has 2 heterocycles. The minimum atomic E-state index is 0.535. The highest BCUT2D eigenvalue weighted by Gasteiger charge is 2.17. The van der Waals surface area contributed by atoms with Crippen molar-refractivity contribution in [3.8, 4) is 5.75 Å². The van der Waals surface area contributed by atoms with E-state index in [2.05, 4.69) is 4.98 Å². The van der Waals surface area contributed by atoms with Crippen LogP contribution in [0.1, 0.15) is 0 Å². The van der Waals surface area contributed by atoms with Crippen LogP contribution >= 0.6 is 11.6 Å². The largest absolute Gasteiger partial charge is 0.488 e. The van der Waals surface area contributed by atoms with Crippen LogP contribution < -0.4 is 10.5 Å². The number of rotatable bonds is 4. The molecule has 0 amide bonds. The summed E-state index contributed by atoms with van der Waals surface area (Å²) in [6, 6.07) is 3.89. The summed E-state index contributed by atoms with van der Waals surface area (Å²) in [7, 11) is 5.96. The van der Waals surface area contributed by atoms with Crippen molar-refractivity contribution in [1.29, 1.82) is 0 Å². The molecule has 0 bridgehead atoms. The van der Waals surface area contributed by atoms with Gasteiger partial charge in [0.1, 0.15) is 12.3 Å². The van der Waals surface area contributed by atoms with Gasteiger partial charge < -0.3 is 19.9 Å². The maximum atomic E-state index is 6.39. The zero-order chi connectivity index (χ0) is 15.9. The summed E-state index contributed by atoms with van der Waals surface area (Å²) < 4.78 is 7.84. The highest BCUT2D eigenvalue weighted by molar-refractivity contribution is 6.34. The van der Waals surface area contributed by atoms with E-state index in [1.54, 1.807) is 6.20 Å². The van der Waals surface area contributed by atoms with Crippen LogP contribution in [0.3, 0.4) is 0 Å². The zero-order valence-electron chi connectivity index (χ0n) is 12.9. The molecule has 0 fully saturated rings. The number of nitrogens with zero attached hydrogens (tertiary/aromatic N) is 3. The molecule has 2 aromatic heterocycles. The molecule has 0 aliphatic rings. The number of anilines is 1. The molecule has 22 heavy (non-hydrogen) atoms. The van der Waals surface area contributed by atoms with Crippen LogP contribution in [0.15, 0.2) is 24.5 Å². The Morgan fingerprint density at radius 3 is 2.86 bits per heavy atom. The summed E-state index contributed by atoms with van der Waals surface area (Å²) in [5.41, 5.74) is 8.85. The van der Waals surface area contributed by atoms with Gasteiger partial charge in [0.05, 0.1) is 22.3 Å². The van der Waals surface area contributed by atoms with Crippen LogP contribution in [-0.4, -0.2) is 41.7 Å². The average Bonchev–Trinajstić information content (AvgIpc) is 2.76. The highest BCUT2D eigenvalue weighted by Crippen LogP contribution is 2.41. The molecule has 0 unspecified atom stereocenters. The SMILES string of the molecule is CN(C)CCOc1c(Cl)cc2c3ccncc3n(C)c2c1N. The molecule has 3 aromatic rings. The summed E-state index contributed by atoms with van der Waals surface area (Å²) in [6.07, 6.45) is 3.60. The van der Waals surface area contributed by atoms with Crippen molar-refractivity contribution >= 4 is 39.1 Å². The first-order valence-corrected chi connectivity index (χ1v) is 7.46. The number of halogens is 1. The van der Waals surface area contributed by atoms with E-state index in [0.717, 1.165) is 28.4 Å². The van der Waals surface area contributed by atoms with Gasteiger partial charge in [-0.15, -0.1) is 0 Å². The van der Waals surface area contributed by atoms with E-state index in [4.69, 9.17) is 22.1 Å². The second kappa shape index (κ2) is 5.66. The van der Waals surface area contributed by atoms with Crippen LogP contribution in [0, 0.1) is 0 Å². The summed E-state index contributed by atoms with van der Waals surface area (Å²) in [6.45, 7) is 1.33. The number of nitrogens with two attached hydrogens (primary N) is 1. The lowest BCUT2D eigenvalue weighted by atomic mass is 10.1. The first-order valence-electron chi connectivity index (χ1n) is 7.08. The normalized spacial score (nSPS) is 11.7. The minimum absolute atomic E-state index is 0.535. The van der Waals surface area contributed by atoms with E-state index in [1.807, 2.05) is 48.9 Å². The molecule has 6 heteroatoms. The van der Waals surface area contributed by atoms with Gasteiger partial charge in [-0.25, -0.2) is 0 Å². The van der Waals surface area contributed by atoms with E-state index in [1.165, 1.54) is 0 Å². The topological polar surface area (TPSA) is 56.3 Å². The lowest BCUT2D eigenvalue weighted by Crippen LogP contribution is -2.19. The fourth-order valence-corrected chi connectivity index (χ4v) is 2.95. The summed E-state index contributed by atoms with van der Waals surface area (Å²) in [5, 5.41) is 2.64. The molecule has 0 spiro atoms. The summed E-state index contributed by atoms with van der Waals surface area (Å²) >= 11 is 6.39. The molecule has 116 valence electrons. The fourth-order valence-electron chi connectivity index (χ4n) is 2.69. The molecule has 0 saturated carbocycles. The highest BCUT2D eigenvalue weighted by atomic mass is 35.5. The van der Waals surface area contributed by atoms with Gasteiger partial charge in [0.2, 0.25) is 0 Å². The van der Waals surface area contributed by atoms with Crippen molar-refractivity contribution in [2.45, 2.75) is 0 Å². The van der Waals surface area contributed by atoms with Gasteiger partial charge in [-0.3, -0.25) is 4.98 Å². The number of pyridine rings is 1. The molecule has 0 radical (unpaired) electrons. The number of hydrogen-bond acceptors (Lipinski definition) is 4. The molecule has 5 nitrogen and oxygen atoms in total. The van der Waals surface area contributed by atoms with Crippen molar-refractivity contribution < 1.29 is 4.74 Å². The van der Waals surface area contributed by atoms with Crippen molar-refractivity contribution in [3.63, 3.8) is 0 Å². The Morgan fingerprint density at radius 1 is 1.36 bits per heavy atom. The van der Waals surface area contributed by atoms with Crippen LogP contribution in [0.25, 0.3) is 21.8 Å². The monoisotopic (exact) mass is 318 g/mol. The van der Waals surface area contributed by atoms with Gasteiger partial charge >= 0.3 is 0 Å². The number of aromatic nitrogens is 2. The molecular formula is C16H19ClN4O. The number of benzene rings is 1. The quantitative estimate of drug-likeness (QED) is 0.751. The lowest BCUT2D eigenvalue weighted by Gasteiger charge is -2.15. The van der Waals surface area contributed by atoms with Crippen molar-refractivity contribution in [1.82, 2.24) is 14.5 Å².